The Morgan fingerprint density at radius 1 is 1.41 bits per heavy atom. The lowest BCUT2D eigenvalue weighted by atomic mass is 9.99. The van der Waals surface area contributed by atoms with Gasteiger partial charge in [0.25, 0.3) is 0 Å². The minimum atomic E-state index is -0.754. The molecule has 2 N–H and O–H groups in total. The van der Waals surface area contributed by atoms with E-state index in [1.807, 2.05) is 12.1 Å². The fraction of sp³-hybridized carbons (Fsp3) is 0.417. The number of hydrogen-bond donors (Lipinski definition) is 2. The zero-order chi connectivity index (χ0) is 12.3. The van der Waals surface area contributed by atoms with Gasteiger partial charge in [-0.2, -0.15) is 0 Å². The maximum absolute atomic E-state index is 10.9. The van der Waals surface area contributed by atoms with Gasteiger partial charge < -0.3 is 15.2 Å². The van der Waals surface area contributed by atoms with Crippen molar-refractivity contribution in [1.82, 2.24) is 0 Å². The number of nitrogens with one attached hydrogen (secondary N) is 1. The van der Waals surface area contributed by atoms with Crippen molar-refractivity contribution >= 4 is 23.3 Å². The minimum absolute atomic E-state index is 0.244. The highest BCUT2D eigenvalue weighted by Crippen LogP contribution is 2.22. The van der Waals surface area contributed by atoms with E-state index in [1.165, 1.54) is 0 Å². The van der Waals surface area contributed by atoms with Gasteiger partial charge in [0.1, 0.15) is 6.23 Å². The van der Waals surface area contributed by atoms with Gasteiger partial charge in [-0.15, -0.1) is 0 Å². The Bertz CT molecular complexity index is 393. The third-order valence-electron chi connectivity index (χ3n) is 2.81. The van der Waals surface area contributed by atoms with Crippen molar-refractivity contribution < 1.29 is 14.6 Å². The Hall–Kier alpha value is -1.26. The van der Waals surface area contributed by atoms with E-state index in [0.29, 0.717) is 24.5 Å². The van der Waals surface area contributed by atoms with Gasteiger partial charge >= 0.3 is 5.97 Å². The standard InChI is InChI=1S/C12H14ClNO3/c13-9-1-3-10(4-2-9)14-11-7-8(12(15)16)5-6-17-11/h1-4,8,11,14H,5-7H2,(H,15,16). The average molecular weight is 256 g/mol. The fourth-order valence-corrected chi connectivity index (χ4v) is 1.98. The summed E-state index contributed by atoms with van der Waals surface area (Å²) in [6.45, 7) is 0.474. The van der Waals surface area contributed by atoms with Crippen LogP contribution in [0.2, 0.25) is 5.02 Å². The first-order valence-corrected chi connectivity index (χ1v) is 5.89. The van der Waals surface area contributed by atoms with Gasteiger partial charge in [-0.05, 0) is 30.7 Å². The molecule has 0 saturated carbocycles. The highest BCUT2D eigenvalue weighted by atomic mass is 35.5. The molecular formula is C12H14ClNO3. The lowest BCUT2D eigenvalue weighted by Gasteiger charge is -2.28. The first-order chi connectivity index (χ1) is 8.15. The van der Waals surface area contributed by atoms with Gasteiger partial charge in [0.05, 0.1) is 5.92 Å². The maximum atomic E-state index is 10.9. The molecule has 1 saturated heterocycles. The van der Waals surface area contributed by atoms with Crippen LogP contribution in [0, 0.1) is 5.92 Å². The van der Waals surface area contributed by atoms with Crippen molar-refractivity contribution in [3.8, 4) is 0 Å². The molecule has 0 aromatic heterocycles. The highest BCUT2D eigenvalue weighted by Gasteiger charge is 2.27. The van der Waals surface area contributed by atoms with Crippen LogP contribution in [0.3, 0.4) is 0 Å². The van der Waals surface area contributed by atoms with Crippen LogP contribution in [0.4, 0.5) is 5.69 Å². The highest BCUT2D eigenvalue weighted by molar-refractivity contribution is 6.30. The number of hydrogen-bond acceptors (Lipinski definition) is 3. The molecule has 2 rings (SSSR count). The van der Waals surface area contributed by atoms with Crippen molar-refractivity contribution in [1.29, 1.82) is 0 Å². The first-order valence-electron chi connectivity index (χ1n) is 5.51. The van der Waals surface area contributed by atoms with E-state index in [0.717, 1.165) is 5.69 Å². The molecule has 0 amide bonds. The van der Waals surface area contributed by atoms with Gasteiger partial charge in [-0.25, -0.2) is 0 Å². The van der Waals surface area contributed by atoms with E-state index in [1.54, 1.807) is 12.1 Å². The van der Waals surface area contributed by atoms with Crippen molar-refractivity contribution in [2.45, 2.75) is 19.1 Å². The summed E-state index contributed by atoms with van der Waals surface area (Å²) in [5, 5.41) is 12.8. The van der Waals surface area contributed by atoms with Crippen molar-refractivity contribution in [2.75, 3.05) is 11.9 Å². The zero-order valence-corrected chi connectivity index (χ0v) is 9.98. The summed E-state index contributed by atoms with van der Waals surface area (Å²) >= 11 is 5.78. The van der Waals surface area contributed by atoms with E-state index >= 15 is 0 Å². The molecule has 2 atom stereocenters. The molecule has 92 valence electrons. The Balaban J connectivity index is 1.94. The van der Waals surface area contributed by atoms with Crippen LogP contribution in [0.15, 0.2) is 24.3 Å². The second-order valence-corrected chi connectivity index (χ2v) is 4.51. The van der Waals surface area contributed by atoms with Gasteiger partial charge in [0.15, 0.2) is 0 Å². The normalized spacial score (nSPS) is 24.3. The van der Waals surface area contributed by atoms with Gasteiger partial charge in [-0.1, -0.05) is 11.6 Å². The number of carbonyl (C=O) groups is 1. The predicted octanol–water partition coefficient (Wildman–Crippen LogP) is 2.59. The molecule has 1 heterocycles. The van der Waals surface area contributed by atoms with Gasteiger partial charge in [0, 0.05) is 23.7 Å². The molecule has 5 heteroatoms. The molecule has 1 aliphatic rings. The third kappa shape index (κ3) is 3.35. The number of benzene rings is 1. The summed E-state index contributed by atoms with van der Waals surface area (Å²) in [5.74, 6) is -1.08. The Morgan fingerprint density at radius 3 is 2.76 bits per heavy atom. The van der Waals surface area contributed by atoms with E-state index in [-0.39, 0.29) is 12.1 Å². The lowest BCUT2D eigenvalue weighted by Crippen LogP contribution is -2.35. The maximum Gasteiger partial charge on any atom is 0.306 e. The van der Waals surface area contributed by atoms with Crippen LogP contribution in [-0.2, 0) is 9.53 Å². The zero-order valence-electron chi connectivity index (χ0n) is 9.23. The molecular weight excluding hydrogens is 242 g/mol. The lowest BCUT2D eigenvalue weighted by molar-refractivity contribution is -0.146. The minimum Gasteiger partial charge on any atom is -0.481 e. The summed E-state index contributed by atoms with van der Waals surface area (Å²) in [5.41, 5.74) is 0.880. The van der Waals surface area contributed by atoms with Crippen LogP contribution in [0.5, 0.6) is 0 Å². The summed E-state index contributed by atoms with van der Waals surface area (Å²) in [6.07, 6.45) is 0.817. The number of anilines is 1. The number of ether oxygens (including phenoxy) is 1. The first kappa shape index (κ1) is 12.2. The summed E-state index contributed by atoms with van der Waals surface area (Å²) in [7, 11) is 0. The van der Waals surface area contributed by atoms with E-state index < -0.39 is 5.97 Å². The molecule has 0 aliphatic carbocycles. The fourth-order valence-electron chi connectivity index (χ4n) is 1.85. The Morgan fingerprint density at radius 2 is 2.12 bits per heavy atom. The number of halogens is 1. The van der Waals surface area contributed by atoms with Crippen LogP contribution in [0.25, 0.3) is 0 Å². The topological polar surface area (TPSA) is 58.6 Å². The monoisotopic (exact) mass is 255 g/mol. The van der Waals surface area contributed by atoms with E-state index in [2.05, 4.69) is 5.32 Å². The number of carboxylic acids is 1. The van der Waals surface area contributed by atoms with Crippen molar-refractivity contribution in [3.63, 3.8) is 0 Å². The molecule has 0 bridgehead atoms. The largest absolute Gasteiger partial charge is 0.481 e. The number of aliphatic carboxylic acids is 1. The second kappa shape index (κ2) is 5.38. The van der Waals surface area contributed by atoms with Crippen LogP contribution < -0.4 is 5.32 Å². The van der Waals surface area contributed by atoms with Gasteiger partial charge in [-0.3, -0.25) is 4.79 Å². The SMILES string of the molecule is O=C(O)C1CCOC(Nc2ccc(Cl)cc2)C1. The number of rotatable bonds is 3. The molecule has 0 radical (unpaired) electrons. The summed E-state index contributed by atoms with van der Waals surface area (Å²) in [6, 6.07) is 7.24. The van der Waals surface area contributed by atoms with Gasteiger partial charge in [0.2, 0.25) is 0 Å². The molecule has 1 aromatic rings. The van der Waals surface area contributed by atoms with E-state index in [9.17, 15) is 4.79 Å². The molecule has 0 spiro atoms. The quantitative estimate of drug-likeness (QED) is 0.872. The summed E-state index contributed by atoms with van der Waals surface area (Å²) < 4.78 is 5.49. The summed E-state index contributed by atoms with van der Waals surface area (Å²) in [4.78, 5) is 10.9. The van der Waals surface area contributed by atoms with Crippen molar-refractivity contribution in [2.24, 2.45) is 5.92 Å². The van der Waals surface area contributed by atoms with Crippen LogP contribution >= 0.6 is 11.6 Å². The molecule has 1 aliphatic heterocycles. The third-order valence-corrected chi connectivity index (χ3v) is 3.06. The van der Waals surface area contributed by atoms with Crippen LogP contribution in [0.1, 0.15) is 12.8 Å². The Kier molecular flexibility index (Phi) is 3.86. The smallest absolute Gasteiger partial charge is 0.306 e. The second-order valence-electron chi connectivity index (χ2n) is 4.07. The molecule has 4 nitrogen and oxygen atoms in total. The molecule has 1 fully saturated rings. The van der Waals surface area contributed by atoms with Crippen molar-refractivity contribution in [3.05, 3.63) is 29.3 Å². The molecule has 1 aromatic carbocycles. The predicted molar refractivity (Wildman–Crippen MR) is 65.2 cm³/mol. The Labute approximate surface area is 105 Å². The van der Waals surface area contributed by atoms with Crippen LogP contribution in [-0.4, -0.2) is 23.9 Å². The number of carboxylic acid groups (broad SMARTS) is 1. The average Bonchev–Trinajstić information content (AvgIpc) is 2.32. The van der Waals surface area contributed by atoms with E-state index in [4.69, 9.17) is 21.4 Å². The molecule has 2 unspecified atom stereocenters. The molecule has 17 heavy (non-hydrogen) atoms.